The van der Waals surface area contributed by atoms with E-state index >= 15 is 0 Å². The molecule has 1 aliphatic carbocycles. The highest BCUT2D eigenvalue weighted by molar-refractivity contribution is 5.99. The largest absolute Gasteiger partial charge is 0.372 e. The molecule has 1 aliphatic heterocycles. The molecular weight excluding hydrogens is 338 g/mol. The first kappa shape index (κ1) is 19.7. The van der Waals surface area contributed by atoms with E-state index in [9.17, 15) is 9.59 Å². The Morgan fingerprint density at radius 1 is 1.15 bits per heavy atom. The number of amides is 2. The van der Waals surface area contributed by atoms with Gasteiger partial charge in [0, 0.05) is 38.1 Å². The zero-order valence-corrected chi connectivity index (χ0v) is 16.9. The first-order valence-electron chi connectivity index (χ1n) is 10.4. The summed E-state index contributed by atoms with van der Waals surface area (Å²) in [6.45, 7) is 7.40. The summed E-state index contributed by atoms with van der Waals surface area (Å²) < 4.78 is 0. The lowest BCUT2D eigenvalue weighted by molar-refractivity contribution is -0.132. The van der Waals surface area contributed by atoms with Gasteiger partial charge in [-0.3, -0.25) is 9.59 Å². The van der Waals surface area contributed by atoms with E-state index in [1.165, 1.54) is 18.5 Å². The molecule has 2 atom stereocenters. The summed E-state index contributed by atoms with van der Waals surface area (Å²) >= 11 is 0. The van der Waals surface area contributed by atoms with Crippen molar-refractivity contribution in [1.82, 2.24) is 4.90 Å². The highest BCUT2D eigenvalue weighted by atomic mass is 16.2. The molecule has 2 fully saturated rings. The Labute approximate surface area is 163 Å². The predicted octanol–water partition coefficient (Wildman–Crippen LogP) is 3.76. The maximum atomic E-state index is 12.5. The molecular formula is C22H33N3O2. The molecule has 1 aromatic rings. The minimum absolute atomic E-state index is 0.0308. The van der Waals surface area contributed by atoms with Crippen molar-refractivity contribution in [3.63, 3.8) is 0 Å². The molecule has 5 nitrogen and oxygen atoms in total. The maximum absolute atomic E-state index is 12.5. The molecule has 2 amide bonds. The molecule has 1 aromatic carbocycles. The van der Waals surface area contributed by atoms with Crippen molar-refractivity contribution in [3.05, 3.63) is 24.3 Å². The number of nitrogens with zero attached hydrogens (tertiary/aromatic N) is 2. The van der Waals surface area contributed by atoms with Gasteiger partial charge in [0.15, 0.2) is 0 Å². The summed E-state index contributed by atoms with van der Waals surface area (Å²) in [6.07, 6.45) is 5.22. The minimum atomic E-state index is -0.176. The third-order valence-electron chi connectivity index (χ3n) is 5.95. The molecule has 3 rings (SSSR count). The molecule has 5 heteroatoms. The Balaban J connectivity index is 1.48. The van der Waals surface area contributed by atoms with Crippen LogP contribution in [0.15, 0.2) is 24.3 Å². The van der Waals surface area contributed by atoms with Gasteiger partial charge in [-0.15, -0.1) is 0 Å². The first-order valence-corrected chi connectivity index (χ1v) is 10.4. The molecule has 0 radical (unpaired) electrons. The van der Waals surface area contributed by atoms with Crippen LogP contribution in [0.4, 0.5) is 11.4 Å². The van der Waals surface area contributed by atoms with Crippen LogP contribution < -0.4 is 10.2 Å². The number of rotatable bonds is 7. The van der Waals surface area contributed by atoms with Crippen molar-refractivity contribution in [2.45, 2.75) is 46.0 Å². The fourth-order valence-electron chi connectivity index (χ4n) is 3.80. The van der Waals surface area contributed by atoms with Crippen molar-refractivity contribution < 1.29 is 9.59 Å². The summed E-state index contributed by atoms with van der Waals surface area (Å²) in [5.74, 6) is 0.580. The number of benzene rings is 1. The Morgan fingerprint density at radius 3 is 2.44 bits per heavy atom. The Kier molecular flexibility index (Phi) is 6.40. The standard InChI is InChI=1S/C22H33N3O2/c1-4-5-12-24(3)22(27)20-15-19(20)21(26)23-17-6-8-18(9-7-17)25-13-10-16(2)11-14-25/h6-9,16,19-20H,4-5,10-15H2,1-3H3,(H,23,26). The molecule has 2 aliphatic rings. The zero-order chi connectivity index (χ0) is 19.4. The van der Waals surface area contributed by atoms with Gasteiger partial charge in [-0.1, -0.05) is 20.3 Å². The highest BCUT2D eigenvalue weighted by Gasteiger charge is 2.48. The molecule has 1 saturated carbocycles. The van der Waals surface area contributed by atoms with E-state index < -0.39 is 0 Å². The second kappa shape index (κ2) is 8.77. The number of nitrogens with one attached hydrogen (secondary N) is 1. The number of unbranched alkanes of at least 4 members (excludes halogenated alkanes) is 1. The van der Waals surface area contributed by atoms with Gasteiger partial charge in [0.2, 0.25) is 11.8 Å². The SMILES string of the molecule is CCCCN(C)C(=O)C1CC1C(=O)Nc1ccc(N2CCC(C)CC2)cc1. The summed E-state index contributed by atoms with van der Waals surface area (Å²) in [5.41, 5.74) is 2.03. The van der Waals surface area contributed by atoms with Crippen LogP contribution in [0.5, 0.6) is 0 Å². The minimum Gasteiger partial charge on any atom is -0.372 e. The molecule has 2 unspecified atom stereocenters. The van der Waals surface area contributed by atoms with Gasteiger partial charge in [-0.25, -0.2) is 0 Å². The van der Waals surface area contributed by atoms with Crippen LogP contribution in [0.25, 0.3) is 0 Å². The molecule has 148 valence electrons. The van der Waals surface area contributed by atoms with Crippen molar-refractivity contribution in [1.29, 1.82) is 0 Å². The topological polar surface area (TPSA) is 52.7 Å². The van der Waals surface area contributed by atoms with Crippen LogP contribution in [0.1, 0.15) is 46.0 Å². The number of carbonyl (C=O) groups is 2. The highest BCUT2D eigenvalue weighted by Crippen LogP contribution is 2.40. The summed E-state index contributed by atoms with van der Waals surface area (Å²) in [5, 5.41) is 2.98. The van der Waals surface area contributed by atoms with Crippen LogP contribution in [0, 0.1) is 17.8 Å². The average Bonchev–Trinajstić information content (AvgIpc) is 3.48. The quantitative estimate of drug-likeness (QED) is 0.794. The van der Waals surface area contributed by atoms with E-state index in [-0.39, 0.29) is 23.7 Å². The molecule has 1 N–H and O–H groups in total. The number of carbonyl (C=O) groups excluding carboxylic acids is 2. The molecule has 1 saturated heterocycles. The van der Waals surface area contributed by atoms with E-state index in [2.05, 4.69) is 36.2 Å². The Hall–Kier alpha value is -2.04. The molecule has 27 heavy (non-hydrogen) atoms. The van der Waals surface area contributed by atoms with E-state index in [1.54, 1.807) is 4.90 Å². The molecule has 0 spiro atoms. The lowest BCUT2D eigenvalue weighted by Crippen LogP contribution is -2.32. The number of hydrogen-bond donors (Lipinski definition) is 1. The fraction of sp³-hybridized carbons (Fsp3) is 0.636. The summed E-state index contributed by atoms with van der Waals surface area (Å²) in [7, 11) is 1.84. The fourth-order valence-corrected chi connectivity index (χ4v) is 3.80. The van der Waals surface area contributed by atoms with Gasteiger partial charge in [0.1, 0.15) is 0 Å². The van der Waals surface area contributed by atoms with Crippen molar-refractivity contribution in [2.24, 2.45) is 17.8 Å². The van der Waals surface area contributed by atoms with E-state index in [0.29, 0.717) is 6.42 Å². The van der Waals surface area contributed by atoms with Crippen LogP contribution in [0.3, 0.4) is 0 Å². The van der Waals surface area contributed by atoms with E-state index in [0.717, 1.165) is 44.1 Å². The third-order valence-corrected chi connectivity index (χ3v) is 5.95. The van der Waals surface area contributed by atoms with Gasteiger partial charge in [0.25, 0.3) is 0 Å². The van der Waals surface area contributed by atoms with Crippen LogP contribution in [-0.4, -0.2) is 43.4 Å². The second-order valence-corrected chi connectivity index (χ2v) is 8.27. The smallest absolute Gasteiger partial charge is 0.228 e. The van der Waals surface area contributed by atoms with Crippen LogP contribution in [-0.2, 0) is 9.59 Å². The van der Waals surface area contributed by atoms with Gasteiger partial charge in [-0.05, 0) is 55.9 Å². The van der Waals surface area contributed by atoms with Crippen molar-refractivity contribution >= 4 is 23.2 Å². The summed E-state index contributed by atoms with van der Waals surface area (Å²) in [4.78, 5) is 29.0. The normalized spacial score (nSPS) is 22.4. The Morgan fingerprint density at radius 2 is 1.81 bits per heavy atom. The van der Waals surface area contributed by atoms with Crippen LogP contribution in [0.2, 0.25) is 0 Å². The third kappa shape index (κ3) is 5.02. The Bertz CT molecular complexity index is 650. The van der Waals surface area contributed by atoms with Gasteiger partial charge in [-0.2, -0.15) is 0 Å². The maximum Gasteiger partial charge on any atom is 0.228 e. The number of hydrogen-bond acceptors (Lipinski definition) is 3. The van der Waals surface area contributed by atoms with Gasteiger partial charge >= 0.3 is 0 Å². The number of anilines is 2. The zero-order valence-electron chi connectivity index (χ0n) is 16.9. The first-order chi connectivity index (χ1) is 13.0. The predicted molar refractivity (Wildman–Crippen MR) is 110 cm³/mol. The van der Waals surface area contributed by atoms with Crippen molar-refractivity contribution in [3.8, 4) is 0 Å². The molecule has 0 aromatic heterocycles. The van der Waals surface area contributed by atoms with E-state index in [4.69, 9.17) is 0 Å². The lowest BCUT2D eigenvalue weighted by atomic mass is 9.99. The van der Waals surface area contributed by atoms with Crippen molar-refractivity contribution in [2.75, 3.05) is 36.9 Å². The average molecular weight is 372 g/mol. The van der Waals surface area contributed by atoms with Gasteiger partial charge in [0.05, 0.1) is 11.8 Å². The lowest BCUT2D eigenvalue weighted by Gasteiger charge is -2.32. The van der Waals surface area contributed by atoms with E-state index in [1.807, 2.05) is 19.2 Å². The van der Waals surface area contributed by atoms with Gasteiger partial charge < -0.3 is 15.1 Å². The monoisotopic (exact) mass is 371 g/mol. The molecule has 0 bridgehead atoms. The number of piperidine rings is 1. The summed E-state index contributed by atoms with van der Waals surface area (Å²) in [6, 6.07) is 8.11. The second-order valence-electron chi connectivity index (χ2n) is 8.27. The molecule has 1 heterocycles. The van der Waals surface area contributed by atoms with Crippen LogP contribution >= 0.6 is 0 Å².